The molecule has 2 aromatic heterocycles. The predicted molar refractivity (Wildman–Crippen MR) is 141 cm³/mol. The van der Waals surface area contributed by atoms with Crippen LogP contribution in [0.4, 0.5) is 9.80 Å². The van der Waals surface area contributed by atoms with Gasteiger partial charge in [-0.15, -0.1) is 5.10 Å². The SMILES string of the molecule is O=C(Nc1snnc1C(=O)N1C[C@H]2C[C@H](C1)c1cccc(=O)n1C2)N1CCC(Cc2ccccc2)CC1. The van der Waals surface area contributed by atoms with E-state index in [0.29, 0.717) is 43.6 Å². The van der Waals surface area contributed by atoms with Crippen LogP contribution in [0.1, 0.15) is 46.9 Å². The molecule has 3 amide bonds. The largest absolute Gasteiger partial charge is 0.336 e. The number of fused-ring (bicyclic) bond motifs is 4. The van der Waals surface area contributed by atoms with Crippen molar-refractivity contribution in [1.82, 2.24) is 24.0 Å². The number of benzene rings is 1. The second kappa shape index (κ2) is 10.1. The highest BCUT2D eigenvalue weighted by Crippen LogP contribution is 2.36. The van der Waals surface area contributed by atoms with Crippen molar-refractivity contribution in [3.63, 3.8) is 0 Å². The first-order valence-electron chi connectivity index (χ1n) is 13.0. The van der Waals surface area contributed by atoms with E-state index in [0.717, 1.165) is 42.9 Å². The van der Waals surface area contributed by atoms with Gasteiger partial charge in [0.25, 0.3) is 11.5 Å². The van der Waals surface area contributed by atoms with E-state index < -0.39 is 0 Å². The highest BCUT2D eigenvalue weighted by molar-refractivity contribution is 7.10. The molecule has 2 bridgehead atoms. The van der Waals surface area contributed by atoms with Gasteiger partial charge in [-0.25, -0.2) is 4.79 Å². The van der Waals surface area contributed by atoms with E-state index in [4.69, 9.17) is 0 Å². The fraction of sp³-hybridized carbons (Fsp3) is 0.444. The molecule has 0 radical (unpaired) electrons. The van der Waals surface area contributed by atoms with E-state index in [1.165, 1.54) is 5.56 Å². The molecule has 1 N–H and O–H groups in total. The Morgan fingerprint density at radius 3 is 2.59 bits per heavy atom. The quantitative estimate of drug-likeness (QED) is 0.570. The minimum atomic E-state index is -0.216. The summed E-state index contributed by atoms with van der Waals surface area (Å²) in [6.07, 6.45) is 3.91. The maximum Gasteiger partial charge on any atom is 0.322 e. The zero-order valence-corrected chi connectivity index (χ0v) is 21.4. The second-order valence-corrected chi connectivity index (χ2v) is 11.2. The highest BCUT2D eigenvalue weighted by Gasteiger charge is 2.38. The van der Waals surface area contributed by atoms with Crippen LogP contribution in [0.5, 0.6) is 0 Å². The summed E-state index contributed by atoms with van der Waals surface area (Å²) in [7, 11) is 0. The summed E-state index contributed by atoms with van der Waals surface area (Å²) in [4.78, 5) is 42.4. The first-order valence-corrected chi connectivity index (χ1v) is 13.7. The number of hydrogen-bond acceptors (Lipinski definition) is 6. The lowest BCUT2D eigenvalue weighted by molar-refractivity contribution is 0.0589. The topological polar surface area (TPSA) is 100 Å². The number of carbonyl (C=O) groups is 2. The van der Waals surface area contributed by atoms with Gasteiger partial charge in [0.2, 0.25) is 0 Å². The number of anilines is 1. The first kappa shape index (κ1) is 23.8. The Bertz CT molecular complexity index is 1350. The molecular weight excluding hydrogens is 488 g/mol. The molecule has 0 unspecified atom stereocenters. The van der Waals surface area contributed by atoms with Gasteiger partial charge < -0.3 is 14.4 Å². The molecule has 37 heavy (non-hydrogen) atoms. The lowest BCUT2D eigenvalue weighted by atomic mass is 9.83. The van der Waals surface area contributed by atoms with Crippen molar-refractivity contribution in [1.29, 1.82) is 0 Å². The molecule has 3 aromatic rings. The fourth-order valence-electron chi connectivity index (χ4n) is 6.09. The summed E-state index contributed by atoms with van der Waals surface area (Å²) in [6.45, 7) is 3.09. The number of nitrogens with zero attached hydrogens (tertiary/aromatic N) is 5. The maximum absolute atomic E-state index is 13.5. The molecule has 9 nitrogen and oxygen atoms in total. The van der Waals surface area contributed by atoms with E-state index in [9.17, 15) is 14.4 Å². The highest BCUT2D eigenvalue weighted by atomic mass is 32.1. The summed E-state index contributed by atoms with van der Waals surface area (Å²) in [5.74, 6) is 0.685. The maximum atomic E-state index is 13.5. The van der Waals surface area contributed by atoms with Crippen molar-refractivity contribution >= 4 is 28.5 Å². The summed E-state index contributed by atoms with van der Waals surface area (Å²) in [5.41, 5.74) is 2.54. The van der Waals surface area contributed by atoms with Gasteiger partial charge in [0, 0.05) is 61.9 Å². The molecule has 2 atom stereocenters. The van der Waals surface area contributed by atoms with Crippen LogP contribution in [0.25, 0.3) is 0 Å². The third-order valence-electron chi connectivity index (χ3n) is 7.95. The fourth-order valence-corrected chi connectivity index (χ4v) is 6.64. The van der Waals surface area contributed by atoms with Crippen LogP contribution < -0.4 is 10.9 Å². The minimum Gasteiger partial charge on any atom is -0.336 e. The van der Waals surface area contributed by atoms with Crippen molar-refractivity contribution in [2.75, 3.05) is 31.5 Å². The third kappa shape index (κ3) is 4.90. The Morgan fingerprint density at radius 2 is 1.78 bits per heavy atom. The van der Waals surface area contributed by atoms with Gasteiger partial charge in [-0.2, -0.15) is 0 Å². The van der Waals surface area contributed by atoms with Crippen LogP contribution in [0, 0.1) is 11.8 Å². The number of rotatable bonds is 4. The van der Waals surface area contributed by atoms with Gasteiger partial charge in [0.1, 0.15) is 0 Å². The van der Waals surface area contributed by atoms with Crippen LogP contribution in [0.2, 0.25) is 0 Å². The number of piperidine rings is 2. The summed E-state index contributed by atoms with van der Waals surface area (Å²) in [5, 5.41) is 7.39. The first-order chi connectivity index (χ1) is 18.0. The lowest BCUT2D eigenvalue weighted by Gasteiger charge is -2.42. The van der Waals surface area contributed by atoms with Crippen LogP contribution in [0.15, 0.2) is 53.3 Å². The van der Waals surface area contributed by atoms with Crippen LogP contribution in [-0.4, -0.2) is 62.1 Å². The Kier molecular flexibility index (Phi) is 6.50. The predicted octanol–water partition coefficient (Wildman–Crippen LogP) is 3.45. The number of hydrogen-bond donors (Lipinski definition) is 1. The Morgan fingerprint density at radius 1 is 0.973 bits per heavy atom. The average Bonchev–Trinajstić information content (AvgIpc) is 3.38. The normalized spacial score (nSPS) is 21.4. The Hall–Kier alpha value is -3.53. The average molecular weight is 519 g/mol. The minimum absolute atomic E-state index is 0.0183. The molecule has 10 heteroatoms. The summed E-state index contributed by atoms with van der Waals surface area (Å²) >= 11 is 1.04. The molecule has 0 spiro atoms. The molecular formula is C27H30N6O3S. The van der Waals surface area contributed by atoms with Gasteiger partial charge in [0.05, 0.1) is 0 Å². The molecule has 1 aromatic carbocycles. The summed E-state index contributed by atoms with van der Waals surface area (Å²) in [6, 6.07) is 15.6. The monoisotopic (exact) mass is 518 g/mol. The van der Waals surface area contributed by atoms with E-state index in [-0.39, 0.29) is 35.0 Å². The van der Waals surface area contributed by atoms with Crippen molar-refractivity contribution in [3.8, 4) is 0 Å². The number of pyridine rings is 1. The zero-order chi connectivity index (χ0) is 25.4. The number of nitrogens with one attached hydrogen (secondary N) is 1. The third-order valence-corrected chi connectivity index (χ3v) is 8.59. The Balaban J connectivity index is 1.08. The van der Waals surface area contributed by atoms with Crippen molar-refractivity contribution < 1.29 is 9.59 Å². The van der Waals surface area contributed by atoms with Gasteiger partial charge >= 0.3 is 6.03 Å². The van der Waals surface area contributed by atoms with E-state index >= 15 is 0 Å². The second-order valence-electron chi connectivity index (χ2n) is 10.4. The van der Waals surface area contributed by atoms with Crippen molar-refractivity contribution in [3.05, 3.63) is 75.8 Å². The number of amides is 3. The van der Waals surface area contributed by atoms with Crippen molar-refractivity contribution in [2.24, 2.45) is 11.8 Å². The number of likely N-dealkylation sites (tertiary alicyclic amines) is 2. The van der Waals surface area contributed by atoms with E-state index in [1.807, 2.05) is 21.6 Å². The number of aromatic nitrogens is 3. The molecule has 3 aliphatic heterocycles. The van der Waals surface area contributed by atoms with Gasteiger partial charge in [0.15, 0.2) is 10.7 Å². The molecule has 0 saturated carbocycles. The number of urea groups is 1. The number of carbonyl (C=O) groups excluding carboxylic acids is 2. The van der Waals surface area contributed by atoms with E-state index in [1.54, 1.807) is 17.0 Å². The zero-order valence-electron chi connectivity index (χ0n) is 20.6. The van der Waals surface area contributed by atoms with Crippen molar-refractivity contribution in [2.45, 2.75) is 38.1 Å². The molecule has 192 valence electrons. The smallest absolute Gasteiger partial charge is 0.322 e. The van der Waals surface area contributed by atoms with Crippen LogP contribution in [0.3, 0.4) is 0 Å². The standard InChI is InChI=1S/C27H30N6O3S/c34-23-8-4-7-22-21-14-20(16-33(22)23)15-32(17-21)26(35)24-25(37-30-29-24)28-27(36)31-11-9-19(10-12-31)13-18-5-2-1-3-6-18/h1-8,19-21H,9-17H2,(H,28,36)/t20-,21-/m1/s1. The Labute approximate surface area is 219 Å². The van der Waals surface area contributed by atoms with Crippen LogP contribution >= 0.6 is 11.5 Å². The lowest BCUT2D eigenvalue weighted by Crippen LogP contribution is -2.49. The summed E-state index contributed by atoms with van der Waals surface area (Å²) < 4.78 is 5.83. The molecule has 0 aliphatic carbocycles. The van der Waals surface area contributed by atoms with Gasteiger partial charge in [-0.3, -0.25) is 14.9 Å². The molecule has 2 fully saturated rings. The van der Waals surface area contributed by atoms with Gasteiger partial charge in [-0.05, 0) is 49.1 Å². The van der Waals surface area contributed by atoms with E-state index in [2.05, 4.69) is 39.2 Å². The van der Waals surface area contributed by atoms with Crippen LogP contribution in [-0.2, 0) is 13.0 Å². The molecule has 5 heterocycles. The molecule has 2 saturated heterocycles. The molecule has 6 rings (SSSR count). The molecule has 3 aliphatic rings. The van der Waals surface area contributed by atoms with Gasteiger partial charge in [-0.1, -0.05) is 40.9 Å².